The number of amides is 1. The van der Waals surface area contributed by atoms with Gasteiger partial charge >= 0.3 is 0 Å². The van der Waals surface area contributed by atoms with Crippen LogP contribution in [0.3, 0.4) is 0 Å². The first kappa shape index (κ1) is 12.3. The van der Waals surface area contributed by atoms with Gasteiger partial charge in [0.2, 0.25) is 0 Å². The van der Waals surface area contributed by atoms with Crippen molar-refractivity contribution in [2.75, 3.05) is 12.3 Å². The Hall–Kier alpha value is -0.780. The summed E-state index contributed by atoms with van der Waals surface area (Å²) in [6, 6.07) is 5.39. The first-order chi connectivity index (χ1) is 7.16. The number of unbranched alkanes of at least 4 members (excludes halogenated alkanes) is 1. The fourth-order valence-electron chi connectivity index (χ4n) is 1.20. The van der Waals surface area contributed by atoms with Crippen molar-refractivity contribution >= 4 is 34.2 Å². The van der Waals surface area contributed by atoms with Crippen LogP contribution in [0.1, 0.15) is 30.1 Å². The van der Waals surface area contributed by atoms with Crippen LogP contribution in [0, 0.1) is 3.57 Å². The number of nitrogen functional groups attached to an aromatic ring is 1. The monoisotopic (exact) mass is 318 g/mol. The van der Waals surface area contributed by atoms with E-state index in [1.54, 1.807) is 18.2 Å². The molecular weight excluding hydrogens is 303 g/mol. The maximum absolute atomic E-state index is 11.7. The Morgan fingerprint density at radius 3 is 2.93 bits per heavy atom. The molecule has 1 amide bonds. The Bertz CT molecular complexity index is 352. The van der Waals surface area contributed by atoms with Crippen molar-refractivity contribution in [1.29, 1.82) is 0 Å². The summed E-state index contributed by atoms with van der Waals surface area (Å²) in [5, 5.41) is 2.87. The van der Waals surface area contributed by atoms with Gasteiger partial charge in [-0.2, -0.15) is 0 Å². The van der Waals surface area contributed by atoms with Crippen molar-refractivity contribution in [3.63, 3.8) is 0 Å². The van der Waals surface area contributed by atoms with Gasteiger partial charge in [0.05, 0.1) is 5.56 Å². The fraction of sp³-hybridized carbons (Fsp3) is 0.364. The molecule has 1 aromatic carbocycles. The highest BCUT2D eigenvalue weighted by atomic mass is 127. The molecule has 0 spiro atoms. The summed E-state index contributed by atoms with van der Waals surface area (Å²) in [7, 11) is 0. The van der Waals surface area contributed by atoms with Crippen LogP contribution in [0.25, 0.3) is 0 Å². The number of carbonyl (C=O) groups excluding carboxylic acids is 1. The van der Waals surface area contributed by atoms with Gasteiger partial charge in [0.15, 0.2) is 0 Å². The molecule has 0 saturated carbocycles. The number of benzene rings is 1. The van der Waals surface area contributed by atoms with Crippen LogP contribution in [0.15, 0.2) is 18.2 Å². The average molecular weight is 318 g/mol. The minimum absolute atomic E-state index is 0.0415. The molecule has 3 nitrogen and oxygen atoms in total. The van der Waals surface area contributed by atoms with Gasteiger partial charge in [0.25, 0.3) is 5.91 Å². The number of nitrogens with one attached hydrogen (secondary N) is 1. The van der Waals surface area contributed by atoms with Crippen LogP contribution in [-0.4, -0.2) is 12.5 Å². The standard InChI is InChI=1S/C11H15IN2O/c1-2-3-7-14-11(15)8-5-4-6-9(13)10(8)12/h4-6H,2-3,7,13H2,1H3,(H,14,15). The van der Waals surface area contributed by atoms with Crippen LogP contribution >= 0.6 is 22.6 Å². The second kappa shape index (κ2) is 5.95. The fourth-order valence-corrected chi connectivity index (χ4v) is 1.80. The first-order valence-electron chi connectivity index (χ1n) is 4.99. The number of carbonyl (C=O) groups is 1. The largest absolute Gasteiger partial charge is 0.398 e. The minimum Gasteiger partial charge on any atom is -0.398 e. The third-order valence-corrected chi connectivity index (χ3v) is 3.29. The molecule has 1 aromatic rings. The zero-order valence-corrected chi connectivity index (χ0v) is 10.9. The van der Waals surface area contributed by atoms with Crippen LogP contribution in [0.5, 0.6) is 0 Å². The van der Waals surface area contributed by atoms with Crippen molar-refractivity contribution in [2.45, 2.75) is 19.8 Å². The van der Waals surface area contributed by atoms with Crippen LogP contribution in [0.2, 0.25) is 0 Å². The minimum atomic E-state index is -0.0415. The van der Waals surface area contributed by atoms with E-state index in [2.05, 4.69) is 34.8 Å². The van der Waals surface area contributed by atoms with Gasteiger partial charge in [-0.3, -0.25) is 4.79 Å². The highest BCUT2D eigenvalue weighted by Crippen LogP contribution is 2.18. The zero-order chi connectivity index (χ0) is 11.3. The highest BCUT2D eigenvalue weighted by molar-refractivity contribution is 14.1. The molecular formula is C11H15IN2O. The molecule has 0 aliphatic rings. The molecule has 0 aliphatic carbocycles. The third kappa shape index (κ3) is 3.37. The summed E-state index contributed by atoms with van der Waals surface area (Å²) in [5.74, 6) is -0.0415. The normalized spacial score (nSPS) is 10.0. The second-order valence-corrected chi connectivity index (χ2v) is 4.40. The Morgan fingerprint density at radius 1 is 1.53 bits per heavy atom. The molecule has 0 bridgehead atoms. The number of hydrogen-bond donors (Lipinski definition) is 2. The van der Waals surface area contributed by atoms with E-state index in [-0.39, 0.29) is 5.91 Å². The van der Waals surface area contributed by atoms with E-state index in [9.17, 15) is 4.79 Å². The topological polar surface area (TPSA) is 55.1 Å². The Labute approximate surface area is 104 Å². The summed E-state index contributed by atoms with van der Waals surface area (Å²) >= 11 is 2.10. The lowest BCUT2D eigenvalue weighted by atomic mass is 10.2. The van der Waals surface area contributed by atoms with E-state index in [0.717, 1.165) is 23.0 Å². The number of anilines is 1. The van der Waals surface area contributed by atoms with Gasteiger partial charge in [-0.15, -0.1) is 0 Å². The third-order valence-electron chi connectivity index (χ3n) is 2.09. The van der Waals surface area contributed by atoms with Crippen LogP contribution < -0.4 is 11.1 Å². The molecule has 0 saturated heterocycles. The molecule has 15 heavy (non-hydrogen) atoms. The molecule has 0 aliphatic heterocycles. The molecule has 0 heterocycles. The van der Waals surface area contributed by atoms with E-state index in [4.69, 9.17) is 5.73 Å². The molecule has 0 fully saturated rings. The number of halogens is 1. The molecule has 3 N–H and O–H groups in total. The Morgan fingerprint density at radius 2 is 2.27 bits per heavy atom. The summed E-state index contributed by atoms with van der Waals surface area (Å²) < 4.78 is 0.823. The number of hydrogen-bond acceptors (Lipinski definition) is 2. The Balaban J connectivity index is 2.69. The smallest absolute Gasteiger partial charge is 0.252 e. The lowest BCUT2D eigenvalue weighted by Gasteiger charge is -2.07. The average Bonchev–Trinajstić information content (AvgIpc) is 2.22. The molecule has 1 rings (SSSR count). The van der Waals surface area contributed by atoms with E-state index in [1.807, 2.05) is 0 Å². The maximum atomic E-state index is 11.7. The molecule has 82 valence electrons. The molecule has 0 aromatic heterocycles. The maximum Gasteiger partial charge on any atom is 0.252 e. The number of rotatable bonds is 4. The van der Waals surface area contributed by atoms with Crippen molar-refractivity contribution < 1.29 is 4.79 Å². The van der Waals surface area contributed by atoms with E-state index < -0.39 is 0 Å². The zero-order valence-electron chi connectivity index (χ0n) is 8.72. The van der Waals surface area contributed by atoms with Crippen molar-refractivity contribution in [3.05, 3.63) is 27.3 Å². The molecule has 4 heteroatoms. The van der Waals surface area contributed by atoms with E-state index in [1.165, 1.54) is 0 Å². The SMILES string of the molecule is CCCCNC(=O)c1cccc(N)c1I. The van der Waals surface area contributed by atoms with Crippen LogP contribution in [0.4, 0.5) is 5.69 Å². The van der Waals surface area contributed by atoms with Crippen molar-refractivity contribution in [1.82, 2.24) is 5.32 Å². The van der Waals surface area contributed by atoms with Gasteiger partial charge in [-0.1, -0.05) is 19.4 Å². The molecule has 0 unspecified atom stereocenters. The lowest BCUT2D eigenvalue weighted by molar-refractivity contribution is 0.0952. The van der Waals surface area contributed by atoms with Crippen molar-refractivity contribution in [2.24, 2.45) is 0 Å². The van der Waals surface area contributed by atoms with Gasteiger partial charge in [0.1, 0.15) is 0 Å². The van der Waals surface area contributed by atoms with E-state index >= 15 is 0 Å². The predicted octanol–water partition coefficient (Wildman–Crippen LogP) is 2.40. The summed E-state index contributed by atoms with van der Waals surface area (Å²) in [6.07, 6.45) is 2.08. The van der Waals surface area contributed by atoms with E-state index in [0.29, 0.717) is 11.3 Å². The van der Waals surface area contributed by atoms with Gasteiger partial charge in [-0.05, 0) is 41.1 Å². The van der Waals surface area contributed by atoms with Gasteiger partial charge in [-0.25, -0.2) is 0 Å². The highest BCUT2D eigenvalue weighted by Gasteiger charge is 2.10. The van der Waals surface area contributed by atoms with Gasteiger partial charge in [0, 0.05) is 15.8 Å². The first-order valence-corrected chi connectivity index (χ1v) is 6.07. The van der Waals surface area contributed by atoms with Crippen molar-refractivity contribution in [3.8, 4) is 0 Å². The van der Waals surface area contributed by atoms with Gasteiger partial charge < -0.3 is 11.1 Å². The quantitative estimate of drug-likeness (QED) is 0.509. The predicted molar refractivity (Wildman–Crippen MR) is 70.8 cm³/mol. The molecule has 0 atom stereocenters. The summed E-state index contributed by atoms with van der Waals surface area (Å²) in [6.45, 7) is 2.82. The Kier molecular flexibility index (Phi) is 4.87. The molecule has 0 radical (unpaired) electrons. The van der Waals surface area contributed by atoms with Crippen LogP contribution in [-0.2, 0) is 0 Å². The lowest BCUT2D eigenvalue weighted by Crippen LogP contribution is -2.25. The summed E-state index contributed by atoms with van der Waals surface area (Å²) in [4.78, 5) is 11.7. The summed E-state index contributed by atoms with van der Waals surface area (Å²) in [5.41, 5.74) is 7.04. The number of nitrogens with two attached hydrogens (primary N) is 1. The second-order valence-electron chi connectivity index (χ2n) is 3.32.